The van der Waals surface area contributed by atoms with Crippen LogP contribution in [-0.2, 0) is 9.47 Å². The lowest BCUT2D eigenvalue weighted by Crippen LogP contribution is -2.54. The van der Waals surface area contributed by atoms with E-state index in [0.29, 0.717) is 13.0 Å². The second kappa shape index (κ2) is 9.80. The number of carbonyl (C=O) groups is 2. The number of hydrogen-bond acceptors (Lipinski definition) is 4. The highest BCUT2D eigenvalue weighted by atomic mass is 28.3. The van der Waals surface area contributed by atoms with Crippen LogP contribution in [0.5, 0.6) is 0 Å². The molecule has 1 rings (SSSR count). The number of carbonyl (C=O) groups excluding carboxylic acids is 2. The zero-order valence-electron chi connectivity index (χ0n) is 18.4. The van der Waals surface area contributed by atoms with Crippen molar-refractivity contribution in [2.75, 3.05) is 6.61 Å². The summed E-state index contributed by atoms with van der Waals surface area (Å²) in [6, 6.07) is 0.865. The van der Waals surface area contributed by atoms with Crippen LogP contribution < -0.4 is 10.6 Å². The fourth-order valence-electron chi connectivity index (χ4n) is 3.46. The van der Waals surface area contributed by atoms with Crippen LogP contribution in [0, 0.1) is 0 Å². The third-order valence-electron chi connectivity index (χ3n) is 4.72. The average Bonchev–Trinajstić information content (AvgIpc) is 2.43. The molecule has 0 heterocycles. The molecule has 0 spiro atoms. The first-order valence-corrected chi connectivity index (χ1v) is 14.0. The number of hydrogen-bond donors (Lipinski definition) is 2. The molecular formula is C20H40N2O4Si. The Hall–Kier alpha value is -1.24. The van der Waals surface area contributed by atoms with Crippen molar-refractivity contribution in [3.05, 3.63) is 0 Å². The fourth-order valence-corrected chi connectivity index (χ4v) is 4.17. The van der Waals surface area contributed by atoms with Crippen LogP contribution in [0.25, 0.3) is 0 Å². The van der Waals surface area contributed by atoms with Gasteiger partial charge in [-0.3, -0.25) is 0 Å². The van der Waals surface area contributed by atoms with Crippen LogP contribution in [0.2, 0.25) is 25.7 Å². The maximum absolute atomic E-state index is 12.4. The highest BCUT2D eigenvalue weighted by Gasteiger charge is 2.36. The zero-order valence-corrected chi connectivity index (χ0v) is 19.4. The van der Waals surface area contributed by atoms with Crippen molar-refractivity contribution in [1.82, 2.24) is 10.6 Å². The van der Waals surface area contributed by atoms with E-state index >= 15 is 0 Å². The minimum absolute atomic E-state index is 0.0970. The van der Waals surface area contributed by atoms with E-state index in [2.05, 4.69) is 30.3 Å². The van der Waals surface area contributed by atoms with E-state index in [0.717, 1.165) is 31.7 Å². The molecule has 1 aliphatic rings. The molecule has 0 bridgehead atoms. The normalized spacial score (nSPS) is 18.3. The van der Waals surface area contributed by atoms with Crippen LogP contribution in [0.4, 0.5) is 9.59 Å². The summed E-state index contributed by atoms with van der Waals surface area (Å²) in [4.78, 5) is 24.4. The van der Waals surface area contributed by atoms with Gasteiger partial charge >= 0.3 is 12.2 Å². The van der Waals surface area contributed by atoms with Crippen LogP contribution in [0.3, 0.4) is 0 Å². The Balaban J connectivity index is 2.60. The van der Waals surface area contributed by atoms with Crippen molar-refractivity contribution in [2.24, 2.45) is 0 Å². The molecule has 0 aromatic heterocycles. The minimum atomic E-state index is -1.23. The minimum Gasteiger partial charge on any atom is -0.450 e. The molecule has 1 fully saturated rings. The Morgan fingerprint density at radius 2 is 1.67 bits per heavy atom. The van der Waals surface area contributed by atoms with Crippen molar-refractivity contribution >= 4 is 20.3 Å². The first kappa shape index (κ1) is 23.8. The summed E-state index contributed by atoms with van der Waals surface area (Å²) in [7, 11) is -1.23. The second-order valence-electron chi connectivity index (χ2n) is 10.2. The maximum atomic E-state index is 12.4. The Kier molecular flexibility index (Phi) is 8.64. The van der Waals surface area contributed by atoms with Crippen molar-refractivity contribution in [3.63, 3.8) is 0 Å². The Morgan fingerprint density at radius 1 is 1.07 bits per heavy atom. The van der Waals surface area contributed by atoms with Gasteiger partial charge < -0.3 is 20.1 Å². The van der Waals surface area contributed by atoms with E-state index < -0.39 is 19.8 Å². The standard InChI is InChI=1S/C20H40N2O4Si/c1-16(21-17(23)26-19(2,3)4)15-20(11-9-8-10-12-20)22-18(24)25-13-14-27(5,6)7/h16H,8-15H2,1-7H3,(H,21,23)(H,22,24)/t16-/m0/s1. The monoisotopic (exact) mass is 400 g/mol. The molecular weight excluding hydrogens is 360 g/mol. The van der Waals surface area contributed by atoms with Crippen LogP contribution in [0.15, 0.2) is 0 Å². The third-order valence-corrected chi connectivity index (χ3v) is 6.43. The Labute approximate surface area is 166 Å². The lowest BCUT2D eigenvalue weighted by atomic mass is 9.77. The van der Waals surface area contributed by atoms with Gasteiger partial charge in [-0.25, -0.2) is 9.59 Å². The molecule has 1 atom stereocenters. The maximum Gasteiger partial charge on any atom is 0.407 e. The molecule has 2 amide bonds. The van der Waals surface area contributed by atoms with Gasteiger partial charge in [0.05, 0.1) is 6.61 Å². The predicted octanol–water partition coefficient (Wildman–Crippen LogP) is 5.06. The van der Waals surface area contributed by atoms with E-state index in [9.17, 15) is 9.59 Å². The van der Waals surface area contributed by atoms with E-state index in [1.54, 1.807) is 0 Å². The number of nitrogens with one attached hydrogen (secondary N) is 2. The summed E-state index contributed by atoms with van der Waals surface area (Å²) >= 11 is 0. The molecule has 1 saturated carbocycles. The molecule has 0 aliphatic heterocycles. The number of alkyl carbamates (subject to hydrolysis) is 2. The Morgan fingerprint density at radius 3 is 2.19 bits per heavy atom. The van der Waals surface area contributed by atoms with Crippen molar-refractivity contribution in [1.29, 1.82) is 0 Å². The molecule has 0 saturated heterocycles. The van der Waals surface area contributed by atoms with E-state index in [1.165, 1.54) is 6.42 Å². The lowest BCUT2D eigenvalue weighted by Gasteiger charge is -2.39. The van der Waals surface area contributed by atoms with E-state index in [4.69, 9.17) is 9.47 Å². The molecule has 0 unspecified atom stereocenters. The van der Waals surface area contributed by atoms with Gasteiger partial charge in [0.1, 0.15) is 5.60 Å². The van der Waals surface area contributed by atoms with Crippen molar-refractivity contribution < 1.29 is 19.1 Å². The van der Waals surface area contributed by atoms with Gasteiger partial charge in [-0.2, -0.15) is 0 Å². The van der Waals surface area contributed by atoms with Gasteiger partial charge in [-0.1, -0.05) is 38.9 Å². The van der Waals surface area contributed by atoms with Gasteiger partial charge in [0.15, 0.2) is 0 Å². The summed E-state index contributed by atoms with van der Waals surface area (Å²) in [5.74, 6) is 0. The fraction of sp³-hybridized carbons (Fsp3) is 0.900. The van der Waals surface area contributed by atoms with E-state index in [1.807, 2.05) is 27.7 Å². The van der Waals surface area contributed by atoms with Crippen molar-refractivity contribution in [3.8, 4) is 0 Å². The van der Waals surface area contributed by atoms with Gasteiger partial charge in [0, 0.05) is 19.7 Å². The lowest BCUT2D eigenvalue weighted by molar-refractivity contribution is 0.0493. The third kappa shape index (κ3) is 10.6. The molecule has 158 valence electrons. The first-order valence-electron chi connectivity index (χ1n) is 10.2. The zero-order chi connectivity index (χ0) is 20.7. The van der Waals surface area contributed by atoms with Crippen molar-refractivity contribution in [2.45, 2.75) is 109 Å². The number of ether oxygens (including phenoxy) is 2. The van der Waals surface area contributed by atoms with Crippen LogP contribution in [-0.4, -0.2) is 44.0 Å². The number of rotatable bonds is 7. The highest BCUT2D eigenvalue weighted by Crippen LogP contribution is 2.32. The summed E-state index contributed by atoms with van der Waals surface area (Å²) in [5.41, 5.74) is -0.840. The molecule has 0 radical (unpaired) electrons. The molecule has 6 nitrogen and oxygen atoms in total. The summed E-state index contributed by atoms with van der Waals surface area (Å²) in [5, 5.41) is 6.03. The topological polar surface area (TPSA) is 76.7 Å². The molecule has 0 aromatic rings. The molecule has 27 heavy (non-hydrogen) atoms. The van der Waals surface area contributed by atoms with E-state index in [-0.39, 0.29) is 17.7 Å². The first-order chi connectivity index (χ1) is 12.3. The SMILES string of the molecule is C[C@@H](CC1(NC(=O)OCC[Si](C)(C)C)CCCCC1)NC(=O)OC(C)(C)C. The molecule has 0 aromatic carbocycles. The Bertz CT molecular complexity index is 491. The van der Waals surface area contributed by atoms with Crippen LogP contribution in [0.1, 0.15) is 66.2 Å². The molecule has 1 aliphatic carbocycles. The number of amides is 2. The largest absolute Gasteiger partial charge is 0.450 e. The van der Waals surface area contributed by atoms with Gasteiger partial charge in [0.2, 0.25) is 0 Å². The summed E-state index contributed by atoms with van der Waals surface area (Å²) in [6.45, 7) is 14.8. The average molecular weight is 401 g/mol. The quantitative estimate of drug-likeness (QED) is 0.586. The molecule has 7 heteroatoms. The summed E-state index contributed by atoms with van der Waals surface area (Å²) in [6.07, 6.45) is 5.09. The molecule has 2 N–H and O–H groups in total. The van der Waals surface area contributed by atoms with Gasteiger partial charge in [-0.15, -0.1) is 0 Å². The smallest absolute Gasteiger partial charge is 0.407 e. The summed E-state index contributed by atoms with van der Waals surface area (Å²) < 4.78 is 10.8. The van der Waals surface area contributed by atoms with Gasteiger partial charge in [0.25, 0.3) is 0 Å². The highest BCUT2D eigenvalue weighted by molar-refractivity contribution is 6.76. The van der Waals surface area contributed by atoms with Gasteiger partial charge in [-0.05, 0) is 53.0 Å². The second-order valence-corrected chi connectivity index (χ2v) is 15.8. The van der Waals surface area contributed by atoms with Crippen LogP contribution >= 0.6 is 0 Å². The predicted molar refractivity (Wildman–Crippen MR) is 112 cm³/mol.